The Labute approximate surface area is 264 Å². The zero-order chi connectivity index (χ0) is 30.9. The molecule has 1 heterocycles. The lowest BCUT2D eigenvalue weighted by molar-refractivity contribution is -0.139. The van der Waals surface area contributed by atoms with E-state index in [2.05, 4.69) is 16.0 Å². The molecule has 2 aromatic carbocycles. The van der Waals surface area contributed by atoms with Crippen molar-refractivity contribution in [2.75, 3.05) is 18.4 Å². The van der Waals surface area contributed by atoms with Crippen LogP contribution in [-0.2, 0) is 32.1 Å². The minimum atomic E-state index is -0.660. The number of carbonyl (C=O) groups excluding carboxylic acids is 4. The summed E-state index contributed by atoms with van der Waals surface area (Å²) < 4.78 is 5.50. The number of amides is 4. The van der Waals surface area contributed by atoms with Gasteiger partial charge in [-0.2, -0.15) is 0 Å². The van der Waals surface area contributed by atoms with Crippen LogP contribution in [0.3, 0.4) is 0 Å². The molecule has 9 heteroatoms. The first-order chi connectivity index (χ1) is 21.9. The second kappa shape index (κ2) is 12.9. The number of nitrogens with zero attached hydrogens (tertiary/aromatic N) is 1. The highest BCUT2D eigenvalue weighted by Crippen LogP contribution is 2.51. The van der Waals surface area contributed by atoms with Gasteiger partial charge in [-0.25, -0.2) is 4.79 Å². The van der Waals surface area contributed by atoms with Crippen molar-refractivity contribution in [1.82, 2.24) is 15.5 Å². The summed E-state index contributed by atoms with van der Waals surface area (Å²) in [4.78, 5) is 54.5. The minimum absolute atomic E-state index is 0.0131. The van der Waals surface area contributed by atoms with Crippen LogP contribution in [0.25, 0.3) is 0 Å². The number of ether oxygens (including phenoxy) is 1. The Morgan fingerprint density at radius 2 is 1.56 bits per heavy atom. The molecule has 1 aliphatic heterocycles. The van der Waals surface area contributed by atoms with E-state index < -0.39 is 12.1 Å². The molecule has 0 unspecified atom stereocenters. The average Bonchev–Trinajstić information content (AvgIpc) is 3.87. The first-order valence-electron chi connectivity index (χ1n) is 16.9. The van der Waals surface area contributed by atoms with Crippen LogP contribution >= 0.6 is 0 Å². The van der Waals surface area contributed by atoms with Gasteiger partial charge >= 0.3 is 6.09 Å². The Hall–Kier alpha value is -3.88. The maximum atomic E-state index is 13.8. The van der Waals surface area contributed by atoms with Gasteiger partial charge in [-0.15, -0.1) is 0 Å². The van der Waals surface area contributed by atoms with E-state index in [0.717, 1.165) is 87.6 Å². The van der Waals surface area contributed by atoms with Crippen molar-refractivity contribution in [2.45, 2.75) is 82.9 Å². The second-order valence-electron chi connectivity index (χ2n) is 13.8. The van der Waals surface area contributed by atoms with E-state index in [4.69, 9.17) is 4.74 Å². The molecule has 9 nitrogen and oxygen atoms in total. The normalized spacial score (nSPS) is 21.7. The highest BCUT2D eigenvalue weighted by atomic mass is 16.5. The number of benzene rings is 2. The molecule has 0 radical (unpaired) electrons. The Morgan fingerprint density at radius 1 is 0.844 bits per heavy atom. The summed E-state index contributed by atoms with van der Waals surface area (Å²) in [5, 5.41) is 9.29. The van der Waals surface area contributed by atoms with Gasteiger partial charge in [-0.1, -0.05) is 36.4 Å². The van der Waals surface area contributed by atoms with Crippen LogP contribution in [0.15, 0.2) is 48.5 Å². The molecule has 0 spiro atoms. The molecule has 5 aliphatic rings. The van der Waals surface area contributed by atoms with Gasteiger partial charge in [-0.3, -0.25) is 14.4 Å². The maximum absolute atomic E-state index is 13.8. The zero-order valence-corrected chi connectivity index (χ0v) is 25.8. The molecule has 2 aromatic rings. The van der Waals surface area contributed by atoms with Gasteiger partial charge in [0.25, 0.3) is 0 Å². The lowest BCUT2D eigenvalue weighted by Crippen LogP contribution is -2.50. The van der Waals surface area contributed by atoms with Crippen molar-refractivity contribution >= 4 is 29.5 Å². The molecule has 3 saturated carbocycles. The summed E-state index contributed by atoms with van der Waals surface area (Å²) in [5.74, 6) is 0.939. The summed E-state index contributed by atoms with van der Waals surface area (Å²) in [6.07, 6.45) is 8.75. The highest BCUT2D eigenvalue weighted by molar-refractivity contribution is 5.97. The van der Waals surface area contributed by atoms with Crippen molar-refractivity contribution in [1.29, 1.82) is 0 Å². The van der Waals surface area contributed by atoms with Gasteiger partial charge in [-0.05, 0) is 110 Å². The van der Waals surface area contributed by atoms with Gasteiger partial charge in [0.15, 0.2) is 0 Å². The molecule has 3 atom stereocenters. The van der Waals surface area contributed by atoms with Crippen LogP contribution in [-0.4, -0.2) is 47.8 Å². The molecule has 1 saturated heterocycles. The van der Waals surface area contributed by atoms with Crippen LogP contribution in [0.5, 0.6) is 0 Å². The average molecular weight is 613 g/mol. The second-order valence-corrected chi connectivity index (χ2v) is 13.8. The molecule has 4 amide bonds. The first-order valence-corrected chi connectivity index (χ1v) is 16.9. The monoisotopic (exact) mass is 612 g/mol. The summed E-state index contributed by atoms with van der Waals surface area (Å²) in [5.41, 5.74) is 3.75. The molecule has 238 valence electrons. The predicted octanol–water partition coefficient (Wildman–Crippen LogP) is 5.11. The highest BCUT2D eigenvalue weighted by Gasteiger charge is 2.48. The van der Waals surface area contributed by atoms with E-state index >= 15 is 0 Å². The SMILES string of the molecule is O=C(N[C@H](C(=O)Nc1ccc2c(c1)CC[C@H]2NC(=O)[C@H](CC(=O)N1CCC1)C1CC1)C(C1CC1)C1CC1)OCc1ccccc1. The first kappa shape index (κ1) is 29.8. The van der Waals surface area contributed by atoms with Crippen LogP contribution in [0.2, 0.25) is 0 Å². The van der Waals surface area contributed by atoms with Crippen molar-refractivity contribution in [3.05, 3.63) is 65.2 Å². The summed E-state index contributed by atoms with van der Waals surface area (Å²) in [6.45, 7) is 1.77. The fraction of sp³-hybridized carbons (Fsp3) is 0.556. The van der Waals surface area contributed by atoms with Gasteiger partial charge in [0.05, 0.1) is 6.04 Å². The van der Waals surface area contributed by atoms with Crippen molar-refractivity contribution in [3.63, 3.8) is 0 Å². The quantitative estimate of drug-likeness (QED) is 0.291. The van der Waals surface area contributed by atoms with Gasteiger partial charge in [0.1, 0.15) is 12.6 Å². The molecule has 45 heavy (non-hydrogen) atoms. The standard InChI is InChI=1S/C36H44N4O5/c41-31(40-17-4-18-40)20-29(23-7-8-23)34(42)38-30-16-13-26-19-27(14-15-28(26)30)37-35(43)33(32(24-9-10-24)25-11-12-25)39-36(44)45-21-22-5-2-1-3-6-22/h1-3,5-6,14-15,19,23-25,29-30,32-33H,4,7-13,16-18,20-21H2,(H,37,43)(H,38,42)(H,39,44)/t29-,30-,33+/m1/s1. The van der Waals surface area contributed by atoms with E-state index in [9.17, 15) is 19.2 Å². The Bertz CT molecular complexity index is 1420. The summed E-state index contributed by atoms with van der Waals surface area (Å²) in [6, 6.07) is 14.7. The third kappa shape index (κ3) is 7.18. The summed E-state index contributed by atoms with van der Waals surface area (Å²) >= 11 is 0. The van der Waals surface area contributed by atoms with Crippen LogP contribution in [0, 0.1) is 29.6 Å². The largest absolute Gasteiger partial charge is 0.445 e. The minimum Gasteiger partial charge on any atom is -0.445 e. The van der Waals surface area contributed by atoms with Gasteiger partial charge in [0, 0.05) is 31.1 Å². The number of nitrogens with one attached hydrogen (secondary N) is 3. The van der Waals surface area contributed by atoms with E-state index in [1.54, 1.807) is 0 Å². The Kier molecular flexibility index (Phi) is 8.51. The molecule has 7 rings (SSSR count). The van der Waals surface area contributed by atoms with Crippen molar-refractivity contribution in [2.24, 2.45) is 29.6 Å². The lowest BCUT2D eigenvalue weighted by atomic mass is 9.88. The lowest BCUT2D eigenvalue weighted by Gasteiger charge is -2.32. The third-order valence-electron chi connectivity index (χ3n) is 10.4. The fourth-order valence-electron chi connectivity index (χ4n) is 7.32. The Morgan fingerprint density at radius 3 is 2.20 bits per heavy atom. The van der Waals surface area contributed by atoms with Crippen LogP contribution in [0.1, 0.15) is 80.5 Å². The molecule has 4 fully saturated rings. The number of anilines is 1. The number of hydrogen-bond donors (Lipinski definition) is 3. The molecular weight excluding hydrogens is 568 g/mol. The maximum Gasteiger partial charge on any atom is 0.408 e. The van der Waals surface area contributed by atoms with E-state index in [1.165, 1.54) is 0 Å². The number of likely N-dealkylation sites (tertiary alicyclic amines) is 1. The van der Waals surface area contributed by atoms with E-state index in [1.807, 2.05) is 53.4 Å². The summed E-state index contributed by atoms with van der Waals surface area (Å²) in [7, 11) is 0. The van der Waals surface area contributed by atoms with Gasteiger partial charge in [0.2, 0.25) is 17.7 Å². The molecule has 3 N–H and O–H groups in total. The number of alkyl carbamates (subject to hydrolysis) is 1. The zero-order valence-electron chi connectivity index (χ0n) is 25.8. The number of fused-ring (bicyclic) bond motifs is 1. The van der Waals surface area contributed by atoms with E-state index in [0.29, 0.717) is 29.9 Å². The number of carbonyl (C=O) groups is 4. The van der Waals surface area contributed by atoms with Crippen molar-refractivity contribution < 1.29 is 23.9 Å². The molecule has 0 bridgehead atoms. The Balaban J connectivity index is 0.988. The number of aryl methyl sites for hydroxylation is 1. The predicted molar refractivity (Wildman–Crippen MR) is 169 cm³/mol. The number of rotatable bonds is 13. The van der Waals surface area contributed by atoms with E-state index in [-0.39, 0.29) is 42.2 Å². The smallest absolute Gasteiger partial charge is 0.408 e. The molecule has 0 aromatic heterocycles. The van der Waals surface area contributed by atoms with Crippen LogP contribution < -0.4 is 16.0 Å². The number of hydrogen-bond acceptors (Lipinski definition) is 5. The third-order valence-corrected chi connectivity index (χ3v) is 10.4. The van der Waals surface area contributed by atoms with Gasteiger partial charge < -0.3 is 25.6 Å². The molecule has 4 aliphatic carbocycles. The van der Waals surface area contributed by atoms with Crippen molar-refractivity contribution in [3.8, 4) is 0 Å². The fourth-order valence-corrected chi connectivity index (χ4v) is 7.32. The van der Waals surface area contributed by atoms with Crippen LogP contribution in [0.4, 0.5) is 10.5 Å². The molecular formula is C36H44N4O5. The topological polar surface area (TPSA) is 117 Å².